The fraction of sp³-hybridized carbons (Fsp3) is 0.440. The van der Waals surface area contributed by atoms with E-state index in [9.17, 15) is 8.42 Å². The predicted molar refractivity (Wildman–Crippen MR) is 148 cm³/mol. The number of anilines is 3. The summed E-state index contributed by atoms with van der Waals surface area (Å²) in [5.74, 6) is 0.650. The van der Waals surface area contributed by atoms with Crippen molar-refractivity contribution in [2.45, 2.75) is 27.3 Å². The summed E-state index contributed by atoms with van der Waals surface area (Å²) in [4.78, 5) is 13.8. The topological polar surface area (TPSA) is 93.7 Å². The Morgan fingerprint density at radius 3 is 2.28 bits per heavy atom. The minimum absolute atomic E-state index is 0.130. The number of allylic oxidation sites excluding steroid dienone is 2. The van der Waals surface area contributed by atoms with E-state index in [1.807, 2.05) is 12.1 Å². The maximum Gasteiger partial charge on any atom is 0.244 e. The number of sulfonamides is 1. The standard InChI is InChI=1S/C25H36ClN7O2S/c1-6-22(23(7-2)36(34,35)31(4)5)29-24-21(26)17-27-25(30-24)28-20-11-9-19(10-12-20)18-33-15-13-32(8-3)14-16-33/h6-7,9-12,17H,8,13-16,18H2,1-5H3,(H2,27,28,29,30)/b22-6+,23-7+. The van der Waals surface area contributed by atoms with Crippen molar-refractivity contribution in [1.82, 2.24) is 24.1 Å². The third-order valence-corrected chi connectivity index (χ3v) is 8.35. The van der Waals surface area contributed by atoms with Crippen molar-refractivity contribution >= 4 is 39.1 Å². The van der Waals surface area contributed by atoms with Crippen molar-refractivity contribution in [3.8, 4) is 0 Å². The Labute approximate surface area is 219 Å². The number of hydrogen-bond donors (Lipinski definition) is 2. The first-order valence-electron chi connectivity index (χ1n) is 12.0. The molecule has 0 aliphatic carbocycles. The smallest absolute Gasteiger partial charge is 0.244 e. The molecule has 2 aromatic rings. The zero-order chi connectivity index (χ0) is 26.3. The normalized spacial score (nSPS) is 16.4. The Hall–Kier alpha value is -2.50. The Kier molecular flexibility index (Phi) is 9.86. The van der Waals surface area contributed by atoms with Gasteiger partial charge in [-0.15, -0.1) is 0 Å². The van der Waals surface area contributed by atoms with Crippen LogP contribution >= 0.6 is 11.6 Å². The molecule has 2 heterocycles. The van der Waals surface area contributed by atoms with Gasteiger partial charge < -0.3 is 15.5 Å². The molecule has 1 saturated heterocycles. The molecule has 0 radical (unpaired) electrons. The maximum atomic E-state index is 12.7. The van der Waals surface area contributed by atoms with Gasteiger partial charge in [0.25, 0.3) is 0 Å². The molecule has 1 aliphatic rings. The van der Waals surface area contributed by atoms with Crippen molar-refractivity contribution in [1.29, 1.82) is 0 Å². The molecule has 1 aromatic carbocycles. The first-order valence-corrected chi connectivity index (χ1v) is 13.9. The molecule has 0 bridgehead atoms. The largest absolute Gasteiger partial charge is 0.338 e. The molecule has 0 unspecified atom stereocenters. The van der Waals surface area contributed by atoms with Crippen LogP contribution in [0, 0.1) is 0 Å². The lowest BCUT2D eigenvalue weighted by Gasteiger charge is -2.34. The van der Waals surface area contributed by atoms with E-state index in [-0.39, 0.29) is 9.93 Å². The van der Waals surface area contributed by atoms with Crippen LogP contribution in [-0.4, -0.2) is 79.3 Å². The summed E-state index contributed by atoms with van der Waals surface area (Å²) in [5.41, 5.74) is 2.48. The Morgan fingerprint density at radius 2 is 1.72 bits per heavy atom. The highest BCUT2D eigenvalue weighted by atomic mass is 35.5. The third kappa shape index (κ3) is 7.04. The third-order valence-electron chi connectivity index (χ3n) is 6.10. The molecule has 1 aliphatic heterocycles. The van der Waals surface area contributed by atoms with Gasteiger partial charge in [-0.2, -0.15) is 4.98 Å². The second kappa shape index (κ2) is 12.6. The van der Waals surface area contributed by atoms with Crippen molar-refractivity contribution in [3.63, 3.8) is 0 Å². The molecule has 1 fully saturated rings. The number of likely N-dealkylation sites (N-methyl/N-ethyl adjacent to an activating group) is 1. The Bertz CT molecular complexity index is 1190. The molecule has 9 nitrogen and oxygen atoms in total. The van der Waals surface area contributed by atoms with Crippen LogP contribution in [0.3, 0.4) is 0 Å². The van der Waals surface area contributed by atoms with Crippen LogP contribution < -0.4 is 10.6 Å². The molecule has 3 rings (SSSR count). The number of benzene rings is 1. The van der Waals surface area contributed by atoms with Crippen LogP contribution in [0.5, 0.6) is 0 Å². The highest BCUT2D eigenvalue weighted by molar-refractivity contribution is 7.93. The molecular weight excluding hydrogens is 498 g/mol. The number of aromatic nitrogens is 2. The Morgan fingerprint density at radius 1 is 1.08 bits per heavy atom. The monoisotopic (exact) mass is 533 g/mol. The Balaban J connectivity index is 1.69. The molecule has 2 N–H and O–H groups in total. The summed E-state index contributed by atoms with van der Waals surface area (Å²) in [6, 6.07) is 8.21. The quantitative estimate of drug-likeness (QED) is 0.440. The summed E-state index contributed by atoms with van der Waals surface area (Å²) >= 11 is 6.33. The predicted octanol–water partition coefficient (Wildman–Crippen LogP) is 4.12. The van der Waals surface area contributed by atoms with Gasteiger partial charge in [-0.3, -0.25) is 4.90 Å². The SMILES string of the molecule is C/C=C(Nc1nc(Nc2ccc(CN3CCN(CC)CC3)cc2)ncc1Cl)\C(=C/C)S(=O)(=O)N(C)C. The maximum absolute atomic E-state index is 12.7. The van der Waals surface area contributed by atoms with Crippen molar-refractivity contribution in [3.05, 3.63) is 63.8 Å². The van der Waals surface area contributed by atoms with Gasteiger partial charge in [0.2, 0.25) is 16.0 Å². The van der Waals surface area contributed by atoms with Gasteiger partial charge in [-0.1, -0.05) is 42.8 Å². The van der Waals surface area contributed by atoms with Gasteiger partial charge in [0.1, 0.15) is 9.93 Å². The summed E-state index contributed by atoms with van der Waals surface area (Å²) in [7, 11) is -0.676. The van der Waals surface area contributed by atoms with Crippen molar-refractivity contribution in [2.24, 2.45) is 0 Å². The summed E-state index contributed by atoms with van der Waals surface area (Å²) in [5, 5.41) is 6.52. The molecule has 0 saturated carbocycles. The second-order valence-corrected chi connectivity index (χ2v) is 11.2. The first kappa shape index (κ1) is 28.1. The molecule has 36 heavy (non-hydrogen) atoms. The van der Waals surface area contributed by atoms with E-state index in [1.54, 1.807) is 19.9 Å². The number of piperazine rings is 1. The molecule has 196 valence electrons. The number of nitrogens with zero attached hydrogens (tertiary/aromatic N) is 5. The molecule has 0 amide bonds. The van der Waals surface area contributed by atoms with Gasteiger partial charge in [-0.05, 0) is 38.1 Å². The van der Waals surface area contributed by atoms with E-state index in [1.165, 1.54) is 31.9 Å². The van der Waals surface area contributed by atoms with E-state index in [2.05, 4.69) is 49.5 Å². The fourth-order valence-electron chi connectivity index (χ4n) is 3.90. The van der Waals surface area contributed by atoms with E-state index < -0.39 is 10.0 Å². The van der Waals surface area contributed by atoms with Crippen molar-refractivity contribution in [2.75, 3.05) is 57.5 Å². The fourth-order valence-corrected chi connectivity index (χ4v) is 5.18. The van der Waals surface area contributed by atoms with Crippen LogP contribution in [0.2, 0.25) is 5.02 Å². The average Bonchev–Trinajstić information content (AvgIpc) is 2.87. The zero-order valence-electron chi connectivity index (χ0n) is 21.6. The van der Waals surface area contributed by atoms with Gasteiger partial charge in [0, 0.05) is 52.5 Å². The lowest BCUT2D eigenvalue weighted by Crippen LogP contribution is -2.45. The average molecular weight is 534 g/mol. The zero-order valence-corrected chi connectivity index (χ0v) is 23.2. The van der Waals surface area contributed by atoms with E-state index >= 15 is 0 Å². The minimum Gasteiger partial charge on any atom is -0.338 e. The molecule has 0 spiro atoms. The van der Waals surface area contributed by atoms with Crippen LogP contribution in [0.4, 0.5) is 17.5 Å². The van der Waals surface area contributed by atoms with Gasteiger partial charge >= 0.3 is 0 Å². The lowest BCUT2D eigenvalue weighted by molar-refractivity contribution is 0.132. The van der Waals surface area contributed by atoms with Gasteiger partial charge in [0.15, 0.2) is 5.82 Å². The molecule has 1 aromatic heterocycles. The van der Waals surface area contributed by atoms with Crippen molar-refractivity contribution < 1.29 is 8.42 Å². The molecular formula is C25H36ClN7O2S. The van der Waals surface area contributed by atoms with Gasteiger partial charge in [-0.25, -0.2) is 17.7 Å². The highest BCUT2D eigenvalue weighted by Gasteiger charge is 2.24. The second-order valence-electron chi connectivity index (χ2n) is 8.69. The van der Waals surface area contributed by atoms with Crippen LogP contribution in [0.25, 0.3) is 0 Å². The number of hydrogen-bond acceptors (Lipinski definition) is 8. The minimum atomic E-state index is -3.66. The summed E-state index contributed by atoms with van der Waals surface area (Å²) in [6.45, 7) is 12.1. The molecule has 11 heteroatoms. The number of nitrogens with one attached hydrogen (secondary N) is 2. The molecule has 0 atom stereocenters. The number of rotatable bonds is 10. The van der Waals surface area contributed by atoms with E-state index in [0.717, 1.165) is 49.3 Å². The van der Waals surface area contributed by atoms with Crippen LogP contribution in [-0.2, 0) is 16.6 Å². The lowest BCUT2D eigenvalue weighted by atomic mass is 10.2. The van der Waals surface area contributed by atoms with E-state index in [4.69, 9.17) is 11.6 Å². The summed E-state index contributed by atoms with van der Waals surface area (Å²) < 4.78 is 26.6. The highest BCUT2D eigenvalue weighted by Crippen LogP contribution is 2.27. The summed E-state index contributed by atoms with van der Waals surface area (Å²) in [6.07, 6.45) is 4.69. The van der Waals surface area contributed by atoms with Gasteiger partial charge in [0.05, 0.1) is 11.9 Å². The van der Waals surface area contributed by atoms with E-state index in [0.29, 0.717) is 17.5 Å². The van der Waals surface area contributed by atoms with Crippen LogP contribution in [0.1, 0.15) is 26.3 Å². The van der Waals surface area contributed by atoms with Crippen LogP contribution in [0.15, 0.2) is 53.2 Å². The first-order chi connectivity index (χ1) is 17.2. The number of halogens is 1.